The molecule has 2 atom stereocenters. The van der Waals surface area contributed by atoms with Crippen LogP contribution in [-0.4, -0.2) is 47.9 Å². The molecule has 132 valence electrons. The molecule has 2 aliphatic rings. The van der Waals surface area contributed by atoms with Gasteiger partial charge in [0.05, 0.1) is 17.7 Å². The monoisotopic (exact) mass is 340 g/mol. The molecule has 0 bridgehead atoms. The Morgan fingerprint density at radius 1 is 1.46 bits per heavy atom. The lowest BCUT2D eigenvalue weighted by Crippen LogP contribution is -2.52. The quantitative estimate of drug-likeness (QED) is 0.884. The molecule has 5 nitrogen and oxygen atoms in total. The molecule has 0 spiro atoms. The number of carbonyl (C=O) groups excluding carboxylic acids is 1. The second-order valence-corrected chi connectivity index (χ2v) is 6.62. The Morgan fingerprint density at radius 3 is 2.83 bits per heavy atom. The molecule has 1 saturated heterocycles. The van der Waals surface area contributed by atoms with Crippen molar-refractivity contribution in [3.8, 4) is 0 Å². The summed E-state index contributed by atoms with van der Waals surface area (Å²) < 4.78 is 33.0. The Bertz CT molecular complexity index is 616. The standard InChI is InChI=1S/C17H22F2N2O3/c1-24-17(5-2-6-17)10-20-16(23)21-9-12(22)8-15(21)13-7-11(18)3-4-14(13)19/h3-4,7,12,15,22H,2,5-6,8-10H2,1H3,(H,20,23). The molecule has 1 aliphatic heterocycles. The van der Waals surface area contributed by atoms with Crippen molar-refractivity contribution in [3.05, 3.63) is 35.4 Å². The summed E-state index contributed by atoms with van der Waals surface area (Å²) in [7, 11) is 1.62. The predicted molar refractivity (Wildman–Crippen MR) is 83.4 cm³/mol. The number of methoxy groups -OCH3 is 1. The maximum absolute atomic E-state index is 14.1. The van der Waals surface area contributed by atoms with Gasteiger partial charge in [0.1, 0.15) is 11.6 Å². The van der Waals surface area contributed by atoms with E-state index in [2.05, 4.69) is 5.32 Å². The van der Waals surface area contributed by atoms with E-state index in [1.807, 2.05) is 0 Å². The lowest BCUT2D eigenvalue weighted by Gasteiger charge is -2.41. The molecule has 1 aliphatic carbocycles. The van der Waals surface area contributed by atoms with Crippen molar-refractivity contribution in [3.63, 3.8) is 0 Å². The van der Waals surface area contributed by atoms with Gasteiger partial charge in [-0.05, 0) is 43.9 Å². The first kappa shape index (κ1) is 17.1. The lowest BCUT2D eigenvalue weighted by molar-refractivity contribution is -0.0679. The number of hydrogen-bond donors (Lipinski definition) is 2. The smallest absolute Gasteiger partial charge is 0.318 e. The number of likely N-dealkylation sites (tertiary alicyclic amines) is 1. The number of carbonyl (C=O) groups is 1. The molecule has 0 aromatic heterocycles. The van der Waals surface area contributed by atoms with Gasteiger partial charge in [-0.15, -0.1) is 0 Å². The third-order valence-electron chi connectivity index (χ3n) is 5.12. The van der Waals surface area contributed by atoms with E-state index in [1.54, 1.807) is 7.11 Å². The number of nitrogens with one attached hydrogen (secondary N) is 1. The van der Waals surface area contributed by atoms with Crippen LogP contribution in [0.2, 0.25) is 0 Å². The molecule has 1 aromatic rings. The molecular weight excluding hydrogens is 318 g/mol. The van der Waals surface area contributed by atoms with E-state index in [4.69, 9.17) is 4.74 Å². The van der Waals surface area contributed by atoms with Crippen LogP contribution in [0.5, 0.6) is 0 Å². The molecule has 2 N–H and O–H groups in total. The Hall–Kier alpha value is -1.73. The highest BCUT2D eigenvalue weighted by Crippen LogP contribution is 2.36. The maximum atomic E-state index is 14.1. The average Bonchev–Trinajstić information content (AvgIpc) is 2.90. The zero-order valence-corrected chi connectivity index (χ0v) is 13.6. The van der Waals surface area contributed by atoms with Gasteiger partial charge in [0.25, 0.3) is 0 Å². The van der Waals surface area contributed by atoms with Crippen molar-refractivity contribution in [1.82, 2.24) is 10.2 Å². The van der Waals surface area contributed by atoms with Gasteiger partial charge in [0, 0.05) is 25.8 Å². The number of nitrogens with zero attached hydrogens (tertiary/aromatic N) is 1. The molecule has 1 saturated carbocycles. The summed E-state index contributed by atoms with van der Waals surface area (Å²) in [4.78, 5) is 13.9. The number of aliphatic hydroxyl groups is 1. The van der Waals surface area contributed by atoms with Crippen LogP contribution in [-0.2, 0) is 4.74 Å². The van der Waals surface area contributed by atoms with Crippen LogP contribution >= 0.6 is 0 Å². The van der Waals surface area contributed by atoms with Crippen LogP contribution in [0.4, 0.5) is 13.6 Å². The molecule has 7 heteroatoms. The number of amides is 2. The molecule has 24 heavy (non-hydrogen) atoms. The SMILES string of the molecule is COC1(CNC(=O)N2CC(O)CC2c2cc(F)ccc2F)CCC1. The van der Waals surface area contributed by atoms with Crippen molar-refractivity contribution >= 4 is 6.03 Å². The van der Waals surface area contributed by atoms with Crippen molar-refractivity contribution in [2.45, 2.75) is 43.4 Å². The number of β-amino-alcohol motifs (C(OH)–C–C–N with tert-alkyl or cyclic N) is 1. The highest BCUT2D eigenvalue weighted by molar-refractivity contribution is 5.75. The van der Waals surface area contributed by atoms with E-state index in [0.717, 1.165) is 37.5 Å². The zero-order valence-electron chi connectivity index (χ0n) is 13.6. The molecule has 2 fully saturated rings. The number of aliphatic hydroxyl groups excluding tert-OH is 1. The van der Waals surface area contributed by atoms with Crippen molar-refractivity contribution in [1.29, 1.82) is 0 Å². The summed E-state index contributed by atoms with van der Waals surface area (Å²) in [5, 5.41) is 12.7. The number of halogens is 2. The topological polar surface area (TPSA) is 61.8 Å². The van der Waals surface area contributed by atoms with E-state index in [-0.39, 0.29) is 24.1 Å². The van der Waals surface area contributed by atoms with E-state index in [1.165, 1.54) is 4.90 Å². The van der Waals surface area contributed by atoms with Gasteiger partial charge >= 0.3 is 6.03 Å². The Morgan fingerprint density at radius 2 is 2.21 bits per heavy atom. The fourth-order valence-corrected chi connectivity index (χ4v) is 3.47. The van der Waals surface area contributed by atoms with E-state index >= 15 is 0 Å². The Balaban J connectivity index is 1.73. The summed E-state index contributed by atoms with van der Waals surface area (Å²) in [5.41, 5.74) is -0.236. The Labute approximate surface area is 139 Å². The highest BCUT2D eigenvalue weighted by Gasteiger charge is 2.40. The molecule has 2 unspecified atom stereocenters. The fourth-order valence-electron chi connectivity index (χ4n) is 3.47. The summed E-state index contributed by atoms with van der Waals surface area (Å²) >= 11 is 0. The first-order chi connectivity index (χ1) is 11.4. The molecule has 2 amide bonds. The van der Waals surface area contributed by atoms with Crippen LogP contribution in [0.1, 0.15) is 37.3 Å². The second-order valence-electron chi connectivity index (χ2n) is 6.62. The Kier molecular flexibility index (Phi) is 4.73. The predicted octanol–water partition coefficient (Wildman–Crippen LogP) is 2.35. The first-order valence-electron chi connectivity index (χ1n) is 8.17. The van der Waals surface area contributed by atoms with Crippen molar-refractivity contribution in [2.24, 2.45) is 0 Å². The second kappa shape index (κ2) is 6.64. The zero-order chi connectivity index (χ0) is 17.3. The summed E-state index contributed by atoms with van der Waals surface area (Å²) in [6.45, 7) is 0.458. The van der Waals surface area contributed by atoms with Crippen molar-refractivity contribution in [2.75, 3.05) is 20.2 Å². The minimum atomic E-state index is -0.761. The minimum absolute atomic E-state index is 0.0896. The summed E-state index contributed by atoms with van der Waals surface area (Å²) in [6.07, 6.45) is 2.25. The van der Waals surface area contributed by atoms with Gasteiger partial charge in [0.2, 0.25) is 0 Å². The number of ether oxygens (including phenoxy) is 1. The van der Waals surface area contributed by atoms with Gasteiger partial charge in [-0.25, -0.2) is 13.6 Å². The maximum Gasteiger partial charge on any atom is 0.318 e. The normalized spacial score (nSPS) is 25.4. The summed E-state index contributed by atoms with van der Waals surface area (Å²) in [5.74, 6) is -1.15. The van der Waals surface area contributed by atoms with Gasteiger partial charge < -0.3 is 20.1 Å². The number of benzene rings is 1. The average molecular weight is 340 g/mol. The van der Waals surface area contributed by atoms with Crippen LogP contribution < -0.4 is 5.32 Å². The number of hydrogen-bond acceptors (Lipinski definition) is 3. The highest BCUT2D eigenvalue weighted by atomic mass is 19.1. The first-order valence-corrected chi connectivity index (χ1v) is 8.17. The van der Waals surface area contributed by atoms with Crippen LogP contribution in [0.3, 0.4) is 0 Å². The van der Waals surface area contributed by atoms with Gasteiger partial charge in [-0.3, -0.25) is 0 Å². The van der Waals surface area contributed by atoms with Crippen LogP contribution in [0, 0.1) is 11.6 Å². The molecule has 0 radical (unpaired) electrons. The van der Waals surface area contributed by atoms with Crippen LogP contribution in [0.15, 0.2) is 18.2 Å². The largest absolute Gasteiger partial charge is 0.391 e. The van der Waals surface area contributed by atoms with Crippen LogP contribution in [0.25, 0.3) is 0 Å². The molecule has 1 heterocycles. The van der Waals surface area contributed by atoms with Gasteiger partial charge in [0.15, 0.2) is 0 Å². The van der Waals surface area contributed by atoms with E-state index in [0.29, 0.717) is 6.54 Å². The van der Waals surface area contributed by atoms with Gasteiger partial charge in [-0.1, -0.05) is 0 Å². The van der Waals surface area contributed by atoms with Crippen molar-refractivity contribution < 1.29 is 23.4 Å². The lowest BCUT2D eigenvalue weighted by atomic mass is 9.80. The minimum Gasteiger partial charge on any atom is -0.391 e. The molecule has 3 rings (SSSR count). The third-order valence-corrected chi connectivity index (χ3v) is 5.12. The molecule has 1 aromatic carbocycles. The molecular formula is C17H22F2N2O3. The fraction of sp³-hybridized carbons (Fsp3) is 0.588. The summed E-state index contributed by atoms with van der Waals surface area (Å²) in [6, 6.07) is 2.08. The number of urea groups is 1. The van der Waals surface area contributed by atoms with E-state index in [9.17, 15) is 18.7 Å². The van der Waals surface area contributed by atoms with Gasteiger partial charge in [-0.2, -0.15) is 0 Å². The van der Waals surface area contributed by atoms with E-state index < -0.39 is 29.8 Å². The third kappa shape index (κ3) is 3.23. The number of rotatable bonds is 4.